The predicted octanol–water partition coefficient (Wildman–Crippen LogP) is 13.4. The molecule has 3 saturated heterocycles. The molecule has 12 aromatic carbocycles. The monoisotopic (exact) mass is 1410 g/mol. The Kier molecular flexibility index (Phi) is 16.8. The molecule has 2 atom stereocenters. The van der Waals surface area contributed by atoms with Crippen molar-refractivity contribution < 1.29 is 0 Å². The van der Waals surface area contributed by atoms with E-state index < -0.39 is 72.7 Å². The Bertz CT molecular complexity index is 3900. The van der Waals surface area contributed by atoms with Crippen LogP contribution in [0.4, 0.5) is 0 Å². The molecule has 0 aromatic heterocycles. The first-order chi connectivity index (χ1) is 42.5. The molecule has 0 radical (unpaired) electrons. The van der Waals surface area contributed by atoms with E-state index in [2.05, 4.69) is 364 Å². The maximum atomic E-state index is 10.1. The van der Waals surface area contributed by atoms with Crippen LogP contribution < -0.4 is 63.7 Å². The van der Waals surface area contributed by atoms with Crippen LogP contribution in [0.2, 0.25) is 0 Å². The van der Waals surface area contributed by atoms with Crippen molar-refractivity contribution in [3.63, 3.8) is 0 Å². The zero-order chi connectivity index (χ0) is 58.0. The molecule has 12 aromatic rings. The summed E-state index contributed by atoms with van der Waals surface area (Å²) in [6.45, 7) is -8.98. The van der Waals surface area contributed by atoms with Crippen LogP contribution in [0.15, 0.2) is 364 Å². The van der Waals surface area contributed by atoms with Crippen LogP contribution in [0, 0.1) is 0 Å². The van der Waals surface area contributed by atoms with E-state index in [4.69, 9.17) is 0 Å². The average Bonchev–Trinajstić information content (AvgIpc) is 0.645. The van der Waals surface area contributed by atoms with Crippen molar-refractivity contribution in [1.29, 1.82) is 0 Å². The summed E-state index contributed by atoms with van der Waals surface area (Å²) in [4.78, 5) is 0. The van der Waals surface area contributed by atoms with Gasteiger partial charge in [0.2, 0.25) is 0 Å². The van der Waals surface area contributed by atoms with Crippen LogP contribution in [0.25, 0.3) is 0 Å². The van der Waals surface area contributed by atoms with Gasteiger partial charge in [0.1, 0.15) is 0 Å². The van der Waals surface area contributed by atoms with Gasteiger partial charge in [0.15, 0.2) is 0 Å². The van der Waals surface area contributed by atoms with Crippen molar-refractivity contribution in [1.82, 2.24) is 0 Å². The van der Waals surface area contributed by atoms with E-state index in [1.54, 1.807) is 9.82 Å². The number of benzene rings is 12. The summed E-state index contributed by atoms with van der Waals surface area (Å²) in [5, 5.41) is 16.3. The molecule has 2 bridgehead atoms. The number of fused-ring (bicyclic) bond motifs is 3. The Morgan fingerprint density at radius 2 is 0.419 bits per heavy atom. The second-order valence-corrected chi connectivity index (χ2v) is 61.0. The second-order valence-electron chi connectivity index (χ2n) is 21.6. The molecule has 15 rings (SSSR count). The molecule has 2 unspecified atom stereocenters. The molecular weight excluding hydrogens is 1340 g/mol. The Morgan fingerprint density at radius 3 is 0.616 bits per heavy atom. The Morgan fingerprint density at radius 1 is 0.244 bits per heavy atom. The van der Waals surface area contributed by atoms with Gasteiger partial charge >= 0.3 is 537 Å². The molecule has 3 aliphatic heterocycles. The molecule has 0 aliphatic carbocycles. The van der Waals surface area contributed by atoms with Gasteiger partial charge in [0, 0.05) is 0 Å². The molecule has 0 nitrogen and oxygen atoms in total. The number of halogens is 2. The summed E-state index contributed by atoms with van der Waals surface area (Å²) >= 11 is -9.49. The topological polar surface area (TPSA) is 0 Å². The van der Waals surface area contributed by atoms with Crippen LogP contribution >= 0.6 is 47.8 Å². The van der Waals surface area contributed by atoms with Gasteiger partial charge in [0.05, 0.1) is 0 Å². The third kappa shape index (κ3) is 9.12. The van der Waals surface area contributed by atoms with Crippen LogP contribution in [-0.2, 0) is 0 Å². The zero-order valence-electron chi connectivity index (χ0n) is 47.2. The van der Waals surface area contributed by atoms with Crippen molar-refractivity contribution >= 4 is 163 Å². The summed E-state index contributed by atoms with van der Waals surface area (Å²) in [6, 6.07) is 141. The van der Waals surface area contributed by atoms with E-state index in [1.165, 1.54) is 63.7 Å². The molecule has 3 fully saturated rings. The standard InChI is InChI=1S/C77H62As3Cl2P4/c81-79-75(84(65-43-19-4-20-44-65,66-45-21-5-22-46-66)67-47-23-6-24-48-67)78-74(83(62-37-13-1-14-38-62,63-39-15-2-16-40-63)64-41-17-3-18-42-64)61-77(79,86(71-55-31-10-32-56-71,72-57-33-11-34-58-72)73-59-35-12-36-60-73)80(82)76(78)85(68-49-25-7-26-50-68,69-51-27-8-28-52-69)70-53-29-9-30-54-70/h1-60H,61H2/q+1. The minimum atomic E-state index is -3.17. The Hall–Kier alpha value is -5.77. The SMILES string of the molecule is Cl[As]1C(=P(c2ccccc2)(c2ccccc2)c2ccccc2)[As]2C(=P(c3ccccc3)(c3ccccc3)c3ccccc3)CC1([P+](c1ccccc1)(c1ccccc1)c1ccccc1)[As](Cl)C2=P(c1ccccc1)(c1ccccc1)c1ccccc1. The van der Waals surface area contributed by atoms with Gasteiger partial charge in [-0.25, -0.2) is 0 Å². The van der Waals surface area contributed by atoms with Crippen molar-refractivity contribution in [2.75, 3.05) is 0 Å². The Labute approximate surface area is 531 Å². The van der Waals surface area contributed by atoms with E-state index in [-0.39, 0.29) is 0 Å². The summed E-state index contributed by atoms with van der Waals surface area (Å²) < 4.78 is 4.39. The summed E-state index contributed by atoms with van der Waals surface area (Å²) in [7, 11) is 17.0. The number of hydrogen-bond acceptors (Lipinski definition) is 0. The van der Waals surface area contributed by atoms with Crippen molar-refractivity contribution in [2.45, 2.75) is 9.15 Å². The average molecular weight is 1410 g/mol. The van der Waals surface area contributed by atoms with Gasteiger partial charge in [-0.2, -0.15) is 0 Å². The third-order valence-electron chi connectivity index (χ3n) is 17.3. The number of hydrogen-bond donors (Lipinski definition) is 0. The van der Waals surface area contributed by atoms with Gasteiger partial charge < -0.3 is 0 Å². The molecule has 9 heteroatoms. The number of rotatable bonds is 13. The van der Waals surface area contributed by atoms with Crippen molar-refractivity contribution in [2.24, 2.45) is 0 Å². The summed E-state index contributed by atoms with van der Waals surface area (Å²) in [6.07, 6.45) is 0.822. The molecule has 0 saturated carbocycles. The fourth-order valence-corrected chi connectivity index (χ4v) is 121. The molecule has 0 amide bonds. The second kappa shape index (κ2) is 25.0. The van der Waals surface area contributed by atoms with E-state index >= 15 is 0 Å². The molecule has 0 spiro atoms. The minimum absolute atomic E-state index is 0.680. The first-order valence-electron chi connectivity index (χ1n) is 29.1. The van der Waals surface area contributed by atoms with Crippen LogP contribution in [0.3, 0.4) is 0 Å². The van der Waals surface area contributed by atoms with Crippen LogP contribution in [0.5, 0.6) is 0 Å². The van der Waals surface area contributed by atoms with E-state index in [0.717, 1.165) is 6.42 Å². The Balaban J connectivity index is 1.43. The fourth-order valence-electron chi connectivity index (χ4n) is 13.9. The molecule has 3 heterocycles. The molecule has 0 N–H and O–H groups in total. The normalized spacial score (nSPS) is 17.9. The summed E-state index contributed by atoms with van der Waals surface area (Å²) in [5.41, 5.74) is 0. The van der Waals surface area contributed by atoms with Crippen molar-refractivity contribution in [3.8, 4) is 0 Å². The summed E-state index contributed by atoms with van der Waals surface area (Å²) in [5.74, 6) is 0. The van der Waals surface area contributed by atoms with E-state index in [0.29, 0.717) is 0 Å². The molecule has 86 heavy (non-hydrogen) atoms. The quantitative estimate of drug-likeness (QED) is 0.0797. The van der Waals surface area contributed by atoms with Gasteiger partial charge in [-0.3, -0.25) is 0 Å². The maximum absolute atomic E-state index is 10.1. The molecule has 418 valence electrons. The molecule has 3 aliphatic rings. The van der Waals surface area contributed by atoms with Crippen LogP contribution in [-0.4, -0.2) is 54.6 Å². The first kappa shape index (κ1) is 57.9. The van der Waals surface area contributed by atoms with Gasteiger partial charge in [0.25, 0.3) is 0 Å². The van der Waals surface area contributed by atoms with Gasteiger partial charge in [-0.05, 0) is 0 Å². The molecular formula is C77H62As3Cl2P4+. The van der Waals surface area contributed by atoms with E-state index in [1.807, 2.05) is 0 Å². The predicted molar refractivity (Wildman–Crippen MR) is 392 cm³/mol. The first-order valence-corrected chi connectivity index (χ1v) is 47.8. The van der Waals surface area contributed by atoms with Crippen LogP contribution in [0.1, 0.15) is 6.42 Å². The third-order valence-corrected chi connectivity index (χ3v) is 87.5. The zero-order valence-corrected chi connectivity index (χ0v) is 58.0. The fraction of sp³-hybridized carbons (Fsp3) is 0.0260. The van der Waals surface area contributed by atoms with Crippen molar-refractivity contribution in [3.05, 3.63) is 364 Å². The van der Waals surface area contributed by atoms with E-state index in [9.17, 15) is 19.9 Å². The van der Waals surface area contributed by atoms with Gasteiger partial charge in [-0.1, -0.05) is 0 Å². The van der Waals surface area contributed by atoms with Gasteiger partial charge in [-0.15, -0.1) is 0 Å².